The van der Waals surface area contributed by atoms with Crippen LogP contribution in [-0.4, -0.2) is 56.4 Å². The third-order valence-corrected chi connectivity index (χ3v) is 9.06. The van der Waals surface area contributed by atoms with E-state index >= 15 is 0 Å². The van der Waals surface area contributed by atoms with Gasteiger partial charge in [0.15, 0.2) is 0 Å². The second-order valence-corrected chi connectivity index (χ2v) is 11.8. The van der Waals surface area contributed by atoms with Gasteiger partial charge in [0, 0.05) is 36.2 Å². The third-order valence-electron chi connectivity index (χ3n) is 8.83. The van der Waals surface area contributed by atoms with Gasteiger partial charge in [-0.15, -0.1) is 0 Å². The summed E-state index contributed by atoms with van der Waals surface area (Å²) in [5, 5.41) is 9.81. The molecule has 0 radical (unpaired) electrons. The zero-order valence-electron chi connectivity index (χ0n) is 23.3. The molecule has 1 saturated carbocycles. The molecule has 7 rings (SSSR count). The van der Waals surface area contributed by atoms with Gasteiger partial charge in [0.05, 0.1) is 35.4 Å². The zero-order valence-corrected chi connectivity index (χ0v) is 24.1. The van der Waals surface area contributed by atoms with Crippen LogP contribution in [0.3, 0.4) is 0 Å². The SMILES string of the molecule is N.O=C(O)c1ccc2nc(C3CC34CCN(c3ncc(F)c(OCc5ccc(Cl)cc5F)n3)CC4)n(C[C@@H]3CCO3)c2c1. The molecule has 0 bridgehead atoms. The average molecular weight is 613 g/mol. The van der Waals surface area contributed by atoms with Gasteiger partial charge >= 0.3 is 5.97 Å². The molecule has 10 nitrogen and oxygen atoms in total. The molecule has 3 aliphatic rings. The van der Waals surface area contributed by atoms with Crippen LogP contribution in [0.25, 0.3) is 11.0 Å². The molecule has 13 heteroatoms. The summed E-state index contributed by atoms with van der Waals surface area (Å²) in [7, 11) is 0. The monoisotopic (exact) mass is 612 g/mol. The fourth-order valence-corrected chi connectivity index (χ4v) is 6.32. The maximum atomic E-state index is 14.5. The molecule has 4 aromatic rings. The lowest BCUT2D eigenvalue weighted by Crippen LogP contribution is -2.36. The third kappa shape index (κ3) is 5.50. The summed E-state index contributed by atoms with van der Waals surface area (Å²) in [6.45, 7) is 2.57. The number of fused-ring (bicyclic) bond motifs is 1. The minimum atomic E-state index is -0.963. The van der Waals surface area contributed by atoms with Crippen LogP contribution in [0.4, 0.5) is 14.7 Å². The first kappa shape index (κ1) is 29.2. The molecule has 1 aliphatic carbocycles. The minimum Gasteiger partial charge on any atom is -0.478 e. The Balaban J connectivity index is 0.00000329. The smallest absolute Gasteiger partial charge is 0.335 e. The number of nitrogens with zero attached hydrogens (tertiary/aromatic N) is 5. The van der Waals surface area contributed by atoms with Crippen molar-refractivity contribution < 1.29 is 28.2 Å². The number of hydrogen-bond donors (Lipinski definition) is 2. The average Bonchev–Trinajstić information content (AvgIpc) is 3.52. The number of aromatic nitrogens is 4. The van der Waals surface area contributed by atoms with Crippen LogP contribution in [0.1, 0.15) is 53.3 Å². The molecule has 43 heavy (non-hydrogen) atoms. The van der Waals surface area contributed by atoms with Crippen molar-refractivity contribution in [3.8, 4) is 5.88 Å². The summed E-state index contributed by atoms with van der Waals surface area (Å²) < 4.78 is 42.0. The van der Waals surface area contributed by atoms with Crippen molar-refractivity contribution in [3.05, 3.63) is 76.2 Å². The number of benzene rings is 2. The number of anilines is 1. The highest BCUT2D eigenvalue weighted by atomic mass is 35.5. The second-order valence-electron chi connectivity index (χ2n) is 11.3. The molecule has 2 atom stereocenters. The summed E-state index contributed by atoms with van der Waals surface area (Å²) in [6, 6.07) is 9.30. The van der Waals surface area contributed by atoms with Gasteiger partial charge in [-0.1, -0.05) is 17.7 Å². The summed E-state index contributed by atoms with van der Waals surface area (Å²) >= 11 is 5.81. The van der Waals surface area contributed by atoms with Crippen LogP contribution in [0.2, 0.25) is 5.02 Å². The number of piperidine rings is 1. The Bertz CT molecular complexity index is 1690. The van der Waals surface area contributed by atoms with Crippen molar-refractivity contribution in [2.75, 3.05) is 24.6 Å². The molecule has 4 heterocycles. The molecule has 1 unspecified atom stereocenters. The molecule has 2 aromatic carbocycles. The van der Waals surface area contributed by atoms with E-state index in [1.165, 1.54) is 12.1 Å². The summed E-state index contributed by atoms with van der Waals surface area (Å²) in [5.41, 5.74) is 2.18. The first-order valence-electron chi connectivity index (χ1n) is 14.0. The first-order chi connectivity index (χ1) is 20.3. The van der Waals surface area contributed by atoms with Gasteiger partial charge in [-0.25, -0.2) is 19.2 Å². The number of carbonyl (C=O) groups is 1. The fraction of sp³-hybridized carbons (Fsp3) is 0.400. The van der Waals surface area contributed by atoms with Crippen molar-refractivity contribution in [2.45, 2.75) is 50.9 Å². The Morgan fingerprint density at radius 1 is 1.14 bits per heavy atom. The number of carboxylic acid groups (broad SMARTS) is 1. The second kappa shape index (κ2) is 11.3. The summed E-state index contributed by atoms with van der Waals surface area (Å²) in [6.07, 6.45) is 4.92. The van der Waals surface area contributed by atoms with Crippen LogP contribution >= 0.6 is 11.6 Å². The first-order valence-corrected chi connectivity index (χ1v) is 14.4. The van der Waals surface area contributed by atoms with Gasteiger partial charge in [0.1, 0.15) is 18.2 Å². The van der Waals surface area contributed by atoms with E-state index in [0.717, 1.165) is 55.3 Å². The maximum absolute atomic E-state index is 14.5. The predicted molar refractivity (Wildman–Crippen MR) is 155 cm³/mol. The number of halogens is 3. The van der Waals surface area contributed by atoms with Crippen molar-refractivity contribution in [1.82, 2.24) is 25.7 Å². The highest BCUT2D eigenvalue weighted by molar-refractivity contribution is 6.30. The van der Waals surface area contributed by atoms with Gasteiger partial charge in [0.2, 0.25) is 11.8 Å². The van der Waals surface area contributed by atoms with Crippen molar-refractivity contribution >= 4 is 34.6 Å². The van der Waals surface area contributed by atoms with Gasteiger partial charge in [-0.2, -0.15) is 9.37 Å². The Morgan fingerprint density at radius 2 is 1.93 bits per heavy atom. The van der Waals surface area contributed by atoms with E-state index in [0.29, 0.717) is 25.6 Å². The van der Waals surface area contributed by atoms with E-state index in [-0.39, 0.29) is 52.2 Å². The van der Waals surface area contributed by atoms with E-state index in [1.54, 1.807) is 24.3 Å². The number of hydrogen-bond acceptors (Lipinski definition) is 8. The quantitative estimate of drug-likeness (QED) is 0.254. The van der Waals surface area contributed by atoms with Gasteiger partial charge < -0.3 is 30.2 Å². The topological polar surface area (TPSA) is 138 Å². The van der Waals surface area contributed by atoms with E-state index < -0.39 is 17.6 Å². The zero-order chi connectivity index (χ0) is 29.0. The lowest BCUT2D eigenvalue weighted by Gasteiger charge is -2.33. The van der Waals surface area contributed by atoms with Crippen LogP contribution < -0.4 is 15.8 Å². The van der Waals surface area contributed by atoms with Crippen LogP contribution in [0.15, 0.2) is 42.6 Å². The lowest BCUT2D eigenvalue weighted by molar-refractivity contribution is -0.0590. The van der Waals surface area contributed by atoms with Crippen LogP contribution in [0.5, 0.6) is 5.88 Å². The number of rotatable bonds is 8. The Morgan fingerprint density at radius 3 is 2.63 bits per heavy atom. The maximum Gasteiger partial charge on any atom is 0.335 e. The molecule has 226 valence electrons. The standard InChI is InChI=1S/C30H28ClF2N5O4.H3N/c31-19-3-1-18(22(32)12-19)16-42-27-23(33)14-34-29(36-27)37-8-6-30(7-9-37)13-21(30)26-35-24-4-2-17(28(39)40)11-25(24)38(26)15-20-5-10-41-20;/h1-4,11-12,14,20-21H,5-10,13,15-16H2,(H,39,40);1H3/t20-,21?;/m0./s1. The lowest BCUT2D eigenvalue weighted by atomic mass is 9.90. The molecule has 0 amide bonds. The predicted octanol–water partition coefficient (Wildman–Crippen LogP) is 5.76. The molecule has 4 N–H and O–H groups in total. The molecule has 2 aromatic heterocycles. The van der Waals surface area contributed by atoms with Gasteiger partial charge in [-0.05, 0) is 61.4 Å². The normalized spacial score (nSPS) is 20.5. The van der Waals surface area contributed by atoms with Gasteiger partial charge in [0.25, 0.3) is 5.88 Å². The summed E-state index contributed by atoms with van der Waals surface area (Å²) in [4.78, 5) is 27.1. The Hall–Kier alpha value is -3.87. The molecule has 2 saturated heterocycles. The van der Waals surface area contributed by atoms with Crippen molar-refractivity contribution in [1.29, 1.82) is 0 Å². The van der Waals surface area contributed by atoms with Crippen LogP contribution in [0, 0.1) is 17.0 Å². The number of carboxylic acids is 1. The highest BCUT2D eigenvalue weighted by Crippen LogP contribution is 2.65. The fourth-order valence-electron chi connectivity index (χ4n) is 6.16. The van der Waals surface area contributed by atoms with E-state index in [1.807, 2.05) is 4.90 Å². The number of imidazole rings is 1. The number of aromatic carboxylic acids is 1. The molecule has 2 aliphatic heterocycles. The van der Waals surface area contributed by atoms with Crippen LogP contribution in [-0.2, 0) is 17.9 Å². The Labute approximate surface area is 251 Å². The molecular weight excluding hydrogens is 582 g/mol. The van der Waals surface area contributed by atoms with E-state index in [4.69, 9.17) is 26.1 Å². The molecular formula is C30H31ClF2N6O4. The molecule has 1 spiro atoms. The number of ether oxygens (including phenoxy) is 2. The van der Waals surface area contributed by atoms with Crippen molar-refractivity contribution in [2.24, 2.45) is 5.41 Å². The van der Waals surface area contributed by atoms with Gasteiger partial charge in [-0.3, -0.25) is 0 Å². The Kier molecular flexibility index (Phi) is 7.69. The van der Waals surface area contributed by atoms with Crippen molar-refractivity contribution in [3.63, 3.8) is 0 Å². The van der Waals surface area contributed by atoms with E-state index in [9.17, 15) is 18.7 Å². The highest BCUT2D eigenvalue weighted by Gasteiger charge is 2.57. The molecule has 3 fully saturated rings. The minimum absolute atomic E-state index is 0. The van der Waals surface area contributed by atoms with E-state index in [2.05, 4.69) is 14.5 Å². The largest absolute Gasteiger partial charge is 0.478 e. The summed E-state index contributed by atoms with van der Waals surface area (Å²) in [5.74, 6) is -0.840.